The molecule has 23 heavy (non-hydrogen) atoms. The van der Waals surface area contributed by atoms with E-state index < -0.39 is 0 Å². The number of benzene rings is 1. The summed E-state index contributed by atoms with van der Waals surface area (Å²) >= 11 is 0. The van der Waals surface area contributed by atoms with E-state index in [0.717, 1.165) is 24.4 Å². The minimum absolute atomic E-state index is 0.210. The van der Waals surface area contributed by atoms with E-state index in [0.29, 0.717) is 24.0 Å². The molecular weight excluding hydrogens is 288 g/mol. The van der Waals surface area contributed by atoms with Crippen molar-refractivity contribution in [3.63, 3.8) is 0 Å². The van der Waals surface area contributed by atoms with Crippen molar-refractivity contribution >= 4 is 0 Å². The molecule has 0 radical (unpaired) electrons. The Balaban J connectivity index is 1.47. The molecule has 3 atom stereocenters. The van der Waals surface area contributed by atoms with E-state index in [2.05, 4.69) is 30.8 Å². The van der Waals surface area contributed by atoms with Gasteiger partial charge in [-0.25, -0.2) is 4.98 Å². The molecule has 1 saturated carbocycles. The lowest BCUT2D eigenvalue weighted by molar-refractivity contribution is -0.151. The van der Waals surface area contributed by atoms with Gasteiger partial charge in [-0.3, -0.25) is 4.90 Å². The number of fused-ring (bicyclic) bond motifs is 1. The van der Waals surface area contributed by atoms with Gasteiger partial charge >= 0.3 is 0 Å². The highest BCUT2D eigenvalue weighted by Crippen LogP contribution is 2.54. The van der Waals surface area contributed by atoms with E-state index in [-0.39, 0.29) is 5.41 Å². The molecule has 4 heteroatoms. The van der Waals surface area contributed by atoms with Crippen LogP contribution in [0.25, 0.3) is 11.5 Å². The number of hydrogen-bond acceptors (Lipinski definition) is 4. The van der Waals surface area contributed by atoms with Crippen molar-refractivity contribution in [1.82, 2.24) is 9.88 Å². The number of rotatable bonds is 4. The summed E-state index contributed by atoms with van der Waals surface area (Å²) in [6.45, 7) is 6.36. The van der Waals surface area contributed by atoms with Crippen molar-refractivity contribution in [2.75, 3.05) is 13.7 Å². The maximum atomic E-state index is 5.90. The monoisotopic (exact) mass is 312 g/mol. The fraction of sp³-hybridized carbons (Fsp3) is 0.526. The largest absolute Gasteiger partial charge is 0.444 e. The molecule has 2 aliphatic rings. The van der Waals surface area contributed by atoms with Crippen LogP contribution in [0.2, 0.25) is 0 Å². The topological polar surface area (TPSA) is 38.5 Å². The van der Waals surface area contributed by atoms with Crippen molar-refractivity contribution < 1.29 is 9.15 Å². The summed E-state index contributed by atoms with van der Waals surface area (Å²) in [4.78, 5) is 7.07. The molecule has 1 aliphatic heterocycles. The average Bonchev–Trinajstić information content (AvgIpc) is 3.16. The summed E-state index contributed by atoms with van der Waals surface area (Å²) in [5, 5.41) is 0. The molecule has 4 nitrogen and oxygen atoms in total. The third-order valence-corrected chi connectivity index (χ3v) is 5.50. The summed E-state index contributed by atoms with van der Waals surface area (Å²) in [6, 6.07) is 10.6. The van der Waals surface area contributed by atoms with Crippen LogP contribution in [-0.2, 0) is 11.3 Å². The second kappa shape index (κ2) is 5.46. The summed E-state index contributed by atoms with van der Waals surface area (Å²) in [5.74, 6) is 1.36. The van der Waals surface area contributed by atoms with Crippen molar-refractivity contribution in [2.45, 2.75) is 39.0 Å². The molecule has 0 N–H and O–H groups in total. The van der Waals surface area contributed by atoms with E-state index in [1.165, 1.54) is 6.42 Å². The normalized spacial score (nSPS) is 28.6. The first-order valence-corrected chi connectivity index (χ1v) is 8.39. The van der Waals surface area contributed by atoms with Crippen LogP contribution in [0.1, 0.15) is 26.0 Å². The summed E-state index contributed by atoms with van der Waals surface area (Å²) < 4.78 is 11.6. The van der Waals surface area contributed by atoms with Crippen LogP contribution in [0, 0.1) is 11.3 Å². The molecule has 1 aromatic carbocycles. The standard InChI is InChI=1S/C19H24N2O2/c1-19(2)16(15-9-10-22-17(15)19)21(3)11-14-12-23-18(20-14)13-7-5-4-6-8-13/h4-8,12,15-17H,9-11H2,1-3H3. The molecule has 2 aromatic rings. The Bertz CT molecular complexity index is 680. The quantitative estimate of drug-likeness (QED) is 0.865. The molecule has 0 amide bonds. The summed E-state index contributed by atoms with van der Waals surface area (Å²) in [5.41, 5.74) is 2.22. The highest BCUT2D eigenvalue weighted by atomic mass is 16.5. The zero-order valence-electron chi connectivity index (χ0n) is 14.0. The Morgan fingerprint density at radius 2 is 2.04 bits per heavy atom. The van der Waals surface area contributed by atoms with Gasteiger partial charge < -0.3 is 9.15 Å². The number of ether oxygens (including phenoxy) is 1. The number of hydrogen-bond donors (Lipinski definition) is 0. The highest BCUT2D eigenvalue weighted by molar-refractivity contribution is 5.52. The Morgan fingerprint density at radius 3 is 2.83 bits per heavy atom. The molecule has 1 aliphatic carbocycles. The van der Waals surface area contributed by atoms with Gasteiger partial charge in [0.25, 0.3) is 0 Å². The van der Waals surface area contributed by atoms with Gasteiger partial charge in [0.05, 0.1) is 11.8 Å². The van der Waals surface area contributed by atoms with E-state index >= 15 is 0 Å². The maximum absolute atomic E-state index is 5.90. The van der Waals surface area contributed by atoms with Gasteiger partial charge in [-0.05, 0) is 25.6 Å². The van der Waals surface area contributed by atoms with Crippen LogP contribution in [0.5, 0.6) is 0 Å². The lowest BCUT2D eigenvalue weighted by atomic mass is 9.57. The van der Waals surface area contributed by atoms with Crippen LogP contribution in [0.4, 0.5) is 0 Å². The van der Waals surface area contributed by atoms with Crippen LogP contribution >= 0.6 is 0 Å². The zero-order valence-corrected chi connectivity index (χ0v) is 14.0. The second-order valence-electron chi connectivity index (χ2n) is 7.44. The molecule has 0 spiro atoms. The van der Waals surface area contributed by atoms with Gasteiger partial charge in [0.15, 0.2) is 0 Å². The first kappa shape index (κ1) is 14.9. The van der Waals surface area contributed by atoms with Crippen molar-refractivity contribution in [1.29, 1.82) is 0 Å². The Kier molecular flexibility index (Phi) is 3.54. The molecule has 3 unspecified atom stereocenters. The second-order valence-corrected chi connectivity index (χ2v) is 7.44. The smallest absolute Gasteiger partial charge is 0.226 e. The van der Waals surface area contributed by atoms with Crippen molar-refractivity contribution in [3.8, 4) is 11.5 Å². The summed E-state index contributed by atoms with van der Waals surface area (Å²) in [7, 11) is 2.19. The molecule has 2 fully saturated rings. The average molecular weight is 312 g/mol. The van der Waals surface area contributed by atoms with E-state index in [9.17, 15) is 0 Å². The Labute approximate surface area is 137 Å². The Hall–Kier alpha value is -1.65. The molecular formula is C19H24N2O2. The molecule has 1 saturated heterocycles. The van der Waals surface area contributed by atoms with Crippen molar-refractivity contribution in [3.05, 3.63) is 42.3 Å². The van der Waals surface area contributed by atoms with Crippen LogP contribution in [0.15, 0.2) is 41.0 Å². The van der Waals surface area contributed by atoms with Gasteiger partial charge in [-0.15, -0.1) is 0 Å². The van der Waals surface area contributed by atoms with E-state index in [1.807, 2.05) is 30.3 Å². The Morgan fingerprint density at radius 1 is 1.26 bits per heavy atom. The maximum Gasteiger partial charge on any atom is 0.226 e. The number of nitrogens with zero attached hydrogens (tertiary/aromatic N) is 2. The minimum atomic E-state index is 0.210. The fourth-order valence-corrected chi connectivity index (χ4v) is 4.64. The van der Waals surface area contributed by atoms with Gasteiger partial charge in [-0.1, -0.05) is 32.0 Å². The van der Waals surface area contributed by atoms with Gasteiger partial charge in [0.1, 0.15) is 6.26 Å². The molecule has 1 aromatic heterocycles. The van der Waals surface area contributed by atoms with Gasteiger partial charge in [-0.2, -0.15) is 0 Å². The fourth-order valence-electron chi connectivity index (χ4n) is 4.64. The third-order valence-electron chi connectivity index (χ3n) is 5.50. The zero-order chi connectivity index (χ0) is 16.0. The molecule has 2 heterocycles. The van der Waals surface area contributed by atoms with E-state index in [1.54, 1.807) is 6.26 Å². The summed E-state index contributed by atoms with van der Waals surface area (Å²) in [6.07, 6.45) is 3.39. The predicted octanol–water partition coefficient (Wildman–Crippen LogP) is 3.59. The van der Waals surface area contributed by atoms with Gasteiger partial charge in [0, 0.05) is 36.1 Å². The molecule has 4 rings (SSSR count). The van der Waals surface area contributed by atoms with Crippen LogP contribution < -0.4 is 0 Å². The lowest BCUT2D eigenvalue weighted by Gasteiger charge is -2.57. The van der Waals surface area contributed by atoms with Crippen LogP contribution in [0.3, 0.4) is 0 Å². The third kappa shape index (κ3) is 2.41. The lowest BCUT2D eigenvalue weighted by Crippen LogP contribution is -2.65. The SMILES string of the molecule is CN(Cc1coc(-c2ccccc2)n1)C1C2CCOC2C1(C)C. The first-order chi connectivity index (χ1) is 11.1. The minimum Gasteiger partial charge on any atom is -0.444 e. The molecule has 0 bridgehead atoms. The highest BCUT2D eigenvalue weighted by Gasteiger charge is 2.60. The van der Waals surface area contributed by atoms with Crippen molar-refractivity contribution in [2.24, 2.45) is 11.3 Å². The first-order valence-electron chi connectivity index (χ1n) is 8.39. The molecule has 122 valence electrons. The number of aromatic nitrogens is 1. The predicted molar refractivity (Wildman–Crippen MR) is 88.8 cm³/mol. The van der Waals surface area contributed by atoms with Gasteiger partial charge in [0.2, 0.25) is 5.89 Å². The van der Waals surface area contributed by atoms with E-state index in [4.69, 9.17) is 9.15 Å². The van der Waals surface area contributed by atoms with Crippen LogP contribution in [-0.4, -0.2) is 35.7 Å². The number of oxazole rings is 1.